The molecule has 3 heteroatoms. The molecule has 22 heavy (non-hydrogen) atoms. The van der Waals surface area contributed by atoms with Gasteiger partial charge in [0.1, 0.15) is 0 Å². The summed E-state index contributed by atoms with van der Waals surface area (Å²) in [7, 11) is 0. The van der Waals surface area contributed by atoms with Crippen LogP contribution >= 0.6 is 0 Å². The monoisotopic (exact) mass is 294 g/mol. The lowest BCUT2D eigenvalue weighted by Gasteiger charge is -2.31. The minimum atomic E-state index is 0.125. The number of carbonyl (C=O) groups excluding carboxylic acids is 1. The maximum absolute atomic E-state index is 11.9. The van der Waals surface area contributed by atoms with Gasteiger partial charge in [0.2, 0.25) is 5.91 Å². The Morgan fingerprint density at radius 1 is 1.32 bits per heavy atom. The SMILES string of the molecule is CC1CCCN(Cc2cc3ccccc3c3c2CC(=O)N3)C1. The normalized spacial score (nSPS) is 21.9. The molecule has 114 valence electrons. The second kappa shape index (κ2) is 5.40. The lowest BCUT2D eigenvalue weighted by Crippen LogP contribution is -2.34. The fourth-order valence-electron chi connectivity index (χ4n) is 3.95. The molecular formula is C19H22N2O. The van der Waals surface area contributed by atoms with E-state index in [1.165, 1.54) is 47.8 Å². The number of nitrogens with one attached hydrogen (secondary N) is 1. The summed E-state index contributed by atoms with van der Waals surface area (Å²) in [5.41, 5.74) is 3.58. The Morgan fingerprint density at radius 3 is 3.05 bits per heavy atom. The maximum atomic E-state index is 11.9. The summed E-state index contributed by atoms with van der Waals surface area (Å²) < 4.78 is 0. The highest BCUT2D eigenvalue weighted by atomic mass is 16.1. The van der Waals surface area contributed by atoms with Crippen molar-refractivity contribution in [1.82, 2.24) is 4.90 Å². The molecule has 0 spiro atoms. The predicted molar refractivity (Wildman–Crippen MR) is 90.0 cm³/mol. The summed E-state index contributed by atoms with van der Waals surface area (Å²) in [6.07, 6.45) is 3.15. The van der Waals surface area contributed by atoms with Gasteiger partial charge in [0, 0.05) is 18.5 Å². The van der Waals surface area contributed by atoms with E-state index in [1.54, 1.807) is 0 Å². The third-order valence-electron chi connectivity index (χ3n) is 4.99. The fraction of sp³-hybridized carbons (Fsp3) is 0.421. The van der Waals surface area contributed by atoms with E-state index >= 15 is 0 Å². The average Bonchev–Trinajstić information content (AvgIpc) is 2.90. The van der Waals surface area contributed by atoms with E-state index < -0.39 is 0 Å². The zero-order valence-corrected chi connectivity index (χ0v) is 13.1. The summed E-state index contributed by atoms with van der Waals surface area (Å²) in [5.74, 6) is 0.904. The number of hydrogen-bond donors (Lipinski definition) is 1. The highest BCUT2D eigenvalue weighted by molar-refractivity contribution is 6.09. The first kappa shape index (κ1) is 13.8. The van der Waals surface area contributed by atoms with E-state index in [0.29, 0.717) is 6.42 Å². The van der Waals surface area contributed by atoms with Crippen LogP contribution in [-0.2, 0) is 17.8 Å². The van der Waals surface area contributed by atoms with E-state index in [0.717, 1.165) is 18.2 Å². The molecule has 2 aromatic rings. The number of nitrogens with zero attached hydrogens (tertiary/aromatic N) is 1. The van der Waals surface area contributed by atoms with Gasteiger partial charge in [-0.1, -0.05) is 31.2 Å². The second-order valence-corrected chi connectivity index (χ2v) is 6.82. The molecule has 0 saturated carbocycles. The van der Waals surface area contributed by atoms with E-state index in [2.05, 4.69) is 41.4 Å². The van der Waals surface area contributed by atoms with Gasteiger partial charge in [-0.25, -0.2) is 0 Å². The number of hydrogen-bond acceptors (Lipinski definition) is 2. The summed E-state index contributed by atoms with van der Waals surface area (Å²) in [6, 6.07) is 10.6. The third-order valence-corrected chi connectivity index (χ3v) is 4.99. The van der Waals surface area contributed by atoms with Gasteiger partial charge in [-0.3, -0.25) is 9.69 Å². The zero-order valence-electron chi connectivity index (χ0n) is 13.1. The van der Waals surface area contributed by atoms with Crippen LogP contribution in [0.4, 0.5) is 5.69 Å². The Hall–Kier alpha value is -1.87. The first-order valence-corrected chi connectivity index (χ1v) is 8.26. The predicted octanol–water partition coefficient (Wildman–Crippen LogP) is 3.57. The number of amides is 1. The van der Waals surface area contributed by atoms with Crippen molar-refractivity contribution in [2.24, 2.45) is 5.92 Å². The molecule has 2 heterocycles. The van der Waals surface area contributed by atoms with Crippen LogP contribution in [0, 0.1) is 5.92 Å². The topological polar surface area (TPSA) is 32.3 Å². The smallest absolute Gasteiger partial charge is 0.228 e. The number of likely N-dealkylation sites (tertiary alicyclic amines) is 1. The number of benzene rings is 2. The van der Waals surface area contributed by atoms with Gasteiger partial charge in [-0.05, 0) is 47.9 Å². The van der Waals surface area contributed by atoms with Gasteiger partial charge >= 0.3 is 0 Å². The molecule has 0 radical (unpaired) electrons. The second-order valence-electron chi connectivity index (χ2n) is 6.82. The van der Waals surface area contributed by atoms with Crippen LogP contribution in [0.15, 0.2) is 30.3 Å². The number of rotatable bonds is 2. The summed E-state index contributed by atoms with van der Waals surface area (Å²) in [6.45, 7) is 5.64. The molecule has 3 nitrogen and oxygen atoms in total. The number of anilines is 1. The largest absolute Gasteiger partial charge is 0.325 e. The van der Waals surface area contributed by atoms with Gasteiger partial charge in [0.05, 0.1) is 12.1 Å². The lowest BCUT2D eigenvalue weighted by atomic mass is 9.96. The number of piperidine rings is 1. The van der Waals surface area contributed by atoms with Crippen LogP contribution in [0.2, 0.25) is 0 Å². The Labute approximate surface area is 131 Å². The van der Waals surface area contributed by atoms with E-state index in [9.17, 15) is 4.79 Å². The molecule has 0 aromatic heterocycles. The molecule has 1 N–H and O–H groups in total. The van der Waals surface area contributed by atoms with Crippen molar-refractivity contribution in [3.63, 3.8) is 0 Å². The summed E-state index contributed by atoms with van der Waals surface area (Å²) >= 11 is 0. The first-order valence-electron chi connectivity index (χ1n) is 8.26. The lowest BCUT2D eigenvalue weighted by molar-refractivity contribution is -0.115. The van der Waals surface area contributed by atoms with Gasteiger partial charge < -0.3 is 5.32 Å². The average molecular weight is 294 g/mol. The minimum Gasteiger partial charge on any atom is -0.325 e. The molecule has 2 aromatic carbocycles. The molecule has 1 atom stereocenters. The molecule has 1 fully saturated rings. The Morgan fingerprint density at radius 2 is 2.18 bits per heavy atom. The van der Waals surface area contributed by atoms with E-state index in [4.69, 9.17) is 0 Å². The van der Waals surface area contributed by atoms with Crippen molar-refractivity contribution in [3.8, 4) is 0 Å². The van der Waals surface area contributed by atoms with Crippen molar-refractivity contribution in [3.05, 3.63) is 41.5 Å². The molecule has 2 aliphatic rings. The fourth-order valence-corrected chi connectivity index (χ4v) is 3.95. The van der Waals surface area contributed by atoms with Gasteiger partial charge in [0.15, 0.2) is 0 Å². The summed E-state index contributed by atoms with van der Waals surface area (Å²) in [5, 5.41) is 5.46. The highest BCUT2D eigenvalue weighted by Crippen LogP contribution is 2.35. The molecule has 2 aliphatic heterocycles. The van der Waals surface area contributed by atoms with Crippen molar-refractivity contribution in [2.75, 3.05) is 18.4 Å². The van der Waals surface area contributed by atoms with Crippen LogP contribution < -0.4 is 5.32 Å². The Kier molecular flexibility index (Phi) is 3.38. The van der Waals surface area contributed by atoms with Gasteiger partial charge in [-0.2, -0.15) is 0 Å². The van der Waals surface area contributed by atoms with Crippen molar-refractivity contribution in [1.29, 1.82) is 0 Å². The molecule has 1 saturated heterocycles. The standard InChI is InChI=1S/C19H22N2O/c1-13-5-4-8-21(11-13)12-15-9-14-6-2-3-7-16(14)19-17(15)10-18(22)20-19/h2-3,6-7,9,13H,4-5,8,10-12H2,1H3,(H,20,22). The molecule has 4 rings (SSSR count). The molecule has 0 bridgehead atoms. The molecule has 1 unspecified atom stereocenters. The van der Waals surface area contributed by atoms with Crippen molar-refractivity contribution >= 4 is 22.4 Å². The van der Waals surface area contributed by atoms with E-state index in [1.807, 2.05) is 6.07 Å². The molecule has 1 amide bonds. The quantitative estimate of drug-likeness (QED) is 0.918. The third kappa shape index (κ3) is 2.40. The van der Waals surface area contributed by atoms with Crippen molar-refractivity contribution < 1.29 is 4.79 Å². The van der Waals surface area contributed by atoms with Crippen LogP contribution in [0.25, 0.3) is 10.8 Å². The zero-order chi connectivity index (χ0) is 15.1. The van der Waals surface area contributed by atoms with Gasteiger partial charge in [-0.15, -0.1) is 0 Å². The number of carbonyl (C=O) groups is 1. The maximum Gasteiger partial charge on any atom is 0.228 e. The van der Waals surface area contributed by atoms with Gasteiger partial charge in [0.25, 0.3) is 0 Å². The van der Waals surface area contributed by atoms with Crippen LogP contribution in [0.1, 0.15) is 30.9 Å². The van der Waals surface area contributed by atoms with Crippen LogP contribution in [0.5, 0.6) is 0 Å². The summed E-state index contributed by atoms with van der Waals surface area (Å²) in [4.78, 5) is 14.5. The Bertz CT molecular complexity index is 738. The minimum absolute atomic E-state index is 0.125. The first-order chi connectivity index (χ1) is 10.7. The number of fused-ring (bicyclic) bond motifs is 3. The van der Waals surface area contributed by atoms with E-state index in [-0.39, 0.29) is 5.91 Å². The molecule has 0 aliphatic carbocycles. The Balaban J connectivity index is 1.74. The van der Waals surface area contributed by atoms with Crippen LogP contribution in [0.3, 0.4) is 0 Å². The van der Waals surface area contributed by atoms with Crippen LogP contribution in [-0.4, -0.2) is 23.9 Å². The highest BCUT2D eigenvalue weighted by Gasteiger charge is 2.25. The molecular weight excluding hydrogens is 272 g/mol. The van der Waals surface area contributed by atoms with Crippen molar-refractivity contribution in [2.45, 2.75) is 32.7 Å².